The van der Waals surface area contributed by atoms with Gasteiger partial charge in [-0.05, 0) is 30.7 Å². The van der Waals surface area contributed by atoms with Gasteiger partial charge in [-0.15, -0.1) is 0 Å². The summed E-state index contributed by atoms with van der Waals surface area (Å²) in [6.45, 7) is 2.00. The number of hydrogen-bond acceptors (Lipinski definition) is 5. The minimum absolute atomic E-state index is 0.00447. The summed E-state index contributed by atoms with van der Waals surface area (Å²) in [6, 6.07) is 5.69. The lowest BCUT2D eigenvalue weighted by molar-refractivity contribution is 0.554. The summed E-state index contributed by atoms with van der Waals surface area (Å²) < 4.78 is 5.00. The Bertz CT molecular complexity index is 560. The number of aromatic nitrogens is 1. The molecule has 1 atom stereocenters. The van der Waals surface area contributed by atoms with Gasteiger partial charge in [0.2, 0.25) is 0 Å². The first-order chi connectivity index (χ1) is 8.69. The average Bonchev–Trinajstić information content (AvgIpc) is 2.73. The molecular formula is C12H18N4O2. The van der Waals surface area contributed by atoms with Gasteiger partial charge in [-0.3, -0.25) is 4.98 Å². The maximum Gasteiger partial charge on any atom is 0.417 e. The predicted molar refractivity (Wildman–Crippen MR) is 70.4 cm³/mol. The Morgan fingerprint density at radius 2 is 2.28 bits per heavy atom. The fourth-order valence-corrected chi connectivity index (χ4v) is 1.75. The van der Waals surface area contributed by atoms with Gasteiger partial charge in [-0.1, -0.05) is 6.07 Å². The maximum atomic E-state index is 11.0. The van der Waals surface area contributed by atoms with Crippen LogP contribution in [0.25, 0.3) is 11.1 Å². The van der Waals surface area contributed by atoms with Crippen molar-refractivity contribution in [1.82, 2.24) is 10.3 Å². The molecule has 0 aliphatic carbocycles. The lowest BCUT2D eigenvalue weighted by atomic mass is 10.1. The van der Waals surface area contributed by atoms with Crippen LogP contribution in [0.15, 0.2) is 27.4 Å². The second kappa shape index (κ2) is 5.81. The number of rotatable bonds is 6. The zero-order valence-corrected chi connectivity index (χ0v) is 10.1. The van der Waals surface area contributed by atoms with E-state index < -0.39 is 5.76 Å². The molecule has 1 aromatic heterocycles. The van der Waals surface area contributed by atoms with Crippen molar-refractivity contribution in [3.8, 4) is 0 Å². The third-order valence-corrected chi connectivity index (χ3v) is 2.79. The third-order valence-electron chi connectivity index (χ3n) is 2.79. The van der Waals surface area contributed by atoms with E-state index in [0.717, 1.165) is 24.0 Å². The molecular weight excluding hydrogens is 232 g/mol. The van der Waals surface area contributed by atoms with Crippen LogP contribution in [-0.4, -0.2) is 30.7 Å². The van der Waals surface area contributed by atoms with Gasteiger partial charge in [0, 0.05) is 19.1 Å². The number of benzene rings is 1. The molecule has 0 spiro atoms. The summed E-state index contributed by atoms with van der Waals surface area (Å²) in [5.74, 6) is -0.422. The van der Waals surface area contributed by atoms with Gasteiger partial charge in [-0.25, -0.2) is 4.79 Å². The molecule has 18 heavy (non-hydrogen) atoms. The quantitative estimate of drug-likeness (QED) is 0.518. The highest BCUT2D eigenvalue weighted by molar-refractivity contribution is 5.72. The standard InChI is InChI=1S/C12H18N4O2/c13-6-9(14)7-15-4-3-8-1-2-10-11(5-8)18-12(17)16-10/h1-2,5,9,15H,3-4,6-7,13-14H2,(H,16,17). The van der Waals surface area contributed by atoms with Gasteiger partial charge < -0.3 is 21.2 Å². The van der Waals surface area contributed by atoms with E-state index >= 15 is 0 Å². The minimum Gasteiger partial charge on any atom is -0.408 e. The first kappa shape index (κ1) is 12.8. The van der Waals surface area contributed by atoms with Crippen LogP contribution in [0.1, 0.15) is 5.56 Å². The summed E-state index contributed by atoms with van der Waals surface area (Å²) in [5, 5.41) is 3.23. The monoisotopic (exact) mass is 250 g/mol. The fourth-order valence-electron chi connectivity index (χ4n) is 1.75. The van der Waals surface area contributed by atoms with Crippen LogP contribution < -0.4 is 22.5 Å². The molecule has 0 bridgehead atoms. The fraction of sp³-hybridized carbons (Fsp3) is 0.417. The van der Waals surface area contributed by atoms with Crippen molar-refractivity contribution < 1.29 is 4.42 Å². The summed E-state index contributed by atoms with van der Waals surface area (Å²) in [4.78, 5) is 13.6. The lowest BCUT2D eigenvalue weighted by Crippen LogP contribution is -2.40. The molecule has 6 N–H and O–H groups in total. The molecule has 0 aliphatic heterocycles. The number of fused-ring (bicyclic) bond motifs is 1. The zero-order valence-electron chi connectivity index (χ0n) is 10.1. The van der Waals surface area contributed by atoms with E-state index in [0.29, 0.717) is 18.7 Å². The van der Waals surface area contributed by atoms with E-state index in [1.807, 2.05) is 18.2 Å². The number of nitrogens with two attached hydrogens (primary N) is 2. The molecule has 0 radical (unpaired) electrons. The largest absolute Gasteiger partial charge is 0.417 e. The van der Waals surface area contributed by atoms with Gasteiger partial charge in [0.15, 0.2) is 5.58 Å². The maximum absolute atomic E-state index is 11.0. The predicted octanol–water partition coefficient (Wildman–Crippen LogP) is -0.461. The Labute approximate surface area is 104 Å². The van der Waals surface area contributed by atoms with Gasteiger partial charge in [0.25, 0.3) is 0 Å². The van der Waals surface area contributed by atoms with Crippen molar-refractivity contribution in [2.75, 3.05) is 19.6 Å². The van der Waals surface area contributed by atoms with Gasteiger partial charge in [0.05, 0.1) is 5.52 Å². The van der Waals surface area contributed by atoms with Crippen molar-refractivity contribution in [3.05, 3.63) is 34.3 Å². The first-order valence-corrected chi connectivity index (χ1v) is 5.97. The minimum atomic E-state index is -0.422. The normalized spacial score (nSPS) is 13.0. The van der Waals surface area contributed by atoms with E-state index in [-0.39, 0.29) is 6.04 Å². The smallest absolute Gasteiger partial charge is 0.408 e. The van der Waals surface area contributed by atoms with Crippen LogP contribution in [0.3, 0.4) is 0 Å². The zero-order chi connectivity index (χ0) is 13.0. The van der Waals surface area contributed by atoms with Crippen LogP contribution in [0.2, 0.25) is 0 Å². The number of nitrogens with one attached hydrogen (secondary N) is 2. The van der Waals surface area contributed by atoms with Gasteiger partial charge in [0.1, 0.15) is 0 Å². The van der Waals surface area contributed by atoms with E-state index in [4.69, 9.17) is 15.9 Å². The molecule has 0 saturated heterocycles. The van der Waals surface area contributed by atoms with Crippen molar-refractivity contribution in [1.29, 1.82) is 0 Å². The SMILES string of the molecule is NCC(N)CNCCc1ccc2[nH]c(=O)oc2c1. The summed E-state index contributed by atoms with van der Waals surface area (Å²) >= 11 is 0. The number of hydrogen-bond donors (Lipinski definition) is 4. The molecule has 0 amide bonds. The third kappa shape index (κ3) is 3.19. The van der Waals surface area contributed by atoms with Crippen LogP contribution in [-0.2, 0) is 6.42 Å². The molecule has 6 heteroatoms. The molecule has 2 aromatic rings. The Morgan fingerprint density at radius 3 is 3.06 bits per heavy atom. The highest BCUT2D eigenvalue weighted by Gasteiger charge is 2.02. The molecule has 1 aromatic carbocycles. The van der Waals surface area contributed by atoms with Crippen molar-refractivity contribution >= 4 is 11.1 Å². The van der Waals surface area contributed by atoms with E-state index in [9.17, 15) is 4.79 Å². The Balaban J connectivity index is 1.89. The second-order valence-electron chi connectivity index (χ2n) is 4.29. The first-order valence-electron chi connectivity index (χ1n) is 5.97. The van der Waals surface area contributed by atoms with Crippen molar-refractivity contribution in [3.63, 3.8) is 0 Å². The van der Waals surface area contributed by atoms with Crippen LogP contribution in [0, 0.1) is 0 Å². The lowest BCUT2D eigenvalue weighted by Gasteiger charge is -2.09. The molecule has 1 heterocycles. The Hall–Kier alpha value is -1.63. The molecule has 0 aliphatic rings. The van der Waals surface area contributed by atoms with E-state index in [1.54, 1.807) is 0 Å². The summed E-state index contributed by atoms with van der Waals surface area (Å²) in [7, 11) is 0. The van der Waals surface area contributed by atoms with Crippen molar-refractivity contribution in [2.45, 2.75) is 12.5 Å². The van der Waals surface area contributed by atoms with Crippen LogP contribution >= 0.6 is 0 Å². The second-order valence-corrected chi connectivity index (χ2v) is 4.29. The van der Waals surface area contributed by atoms with Crippen LogP contribution in [0.5, 0.6) is 0 Å². The number of oxazole rings is 1. The van der Waals surface area contributed by atoms with E-state index in [2.05, 4.69) is 10.3 Å². The highest BCUT2D eigenvalue weighted by atomic mass is 16.4. The molecule has 1 unspecified atom stereocenters. The Morgan fingerprint density at radius 1 is 1.44 bits per heavy atom. The molecule has 98 valence electrons. The van der Waals surface area contributed by atoms with Gasteiger partial charge >= 0.3 is 5.76 Å². The summed E-state index contributed by atoms with van der Waals surface area (Å²) in [6.07, 6.45) is 0.849. The molecule has 0 fully saturated rings. The topological polar surface area (TPSA) is 110 Å². The molecule has 2 rings (SSSR count). The van der Waals surface area contributed by atoms with E-state index in [1.165, 1.54) is 0 Å². The van der Waals surface area contributed by atoms with Crippen molar-refractivity contribution in [2.24, 2.45) is 11.5 Å². The Kier molecular flexibility index (Phi) is 4.14. The number of aromatic amines is 1. The summed E-state index contributed by atoms with van der Waals surface area (Å²) in [5.41, 5.74) is 13.5. The van der Waals surface area contributed by atoms with Gasteiger partial charge in [-0.2, -0.15) is 0 Å². The molecule has 0 saturated carbocycles. The number of H-pyrrole nitrogens is 1. The molecule has 6 nitrogen and oxygen atoms in total. The van der Waals surface area contributed by atoms with Crippen LogP contribution in [0.4, 0.5) is 0 Å². The highest BCUT2D eigenvalue weighted by Crippen LogP contribution is 2.12. The average molecular weight is 250 g/mol.